The van der Waals surface area contributed by atoms with Gasteiger partial charge in [-0.05, 0) is 43.5 Å². The van der Waals surface area contributed by atoms with Crippen LogP contribution in [0.2, 0.25) is 0 Å². The maximum atomic E-state index is 11.6. The van der Waals surface area contributed by atoms with Crippen LogP contribution < -0.4 is 9.47 Å². The molecule has 150 valence electrons. The highest BCUT2D eigenvalue weighted by atomic mass is 16.5. The molecular weight excluding hydrogens is 356 g/mol. The lowest BCUT2D eigenvalue weighted by Crippen LogP contribution is -2.41. The van der Waals surface area contributed by atoms with Gasteiger partial charge in [0.15, 0.2) is 11.5 Å². The summed E-state index contributed by atoms with van der Waals surface area (Å²) in [6.45, 7) is 3.39. The van der Waals surface area contributed by atoms with E-state index in [2.05, 4.69) is 17.9 Å². The quantitative estimate of drug-likeness (QED) is 0.787. The molecule has 6 heteroatoms. The van der Waals surface area contributed by atoms with E-state index in [0.717, 1.165) is 30.6 Å². The Morgan fingerprint density at radius 2 is 2.11 bits per heavy atom. The number of rotatable bonds is 7. The molecule has 1 aliphatic heterocycles. The minimum absolute atomic E-state index is 0.196. The number of ether oxygens (including phenoxy) is 2. The van der Waals surface area contributed by atoms with Gasteiger partial charge in [-0.25, -0.2) is 0 Å². The molecule has 28 heavy (non-hydrogen) atoms. The third-order valence-corrected chi connectivity index (χ3v) is 5.43. The largest absolute Gasteiger partial charge is 0.493 e. The first-order chi connectivity index (χ1) is 13.6. The summed E-state index contributed by atoms with van der Waals surface area (Å²) in [5.41, 5.74) is 2.99. The van der Waals surface area contributed by atoms with Crippen LogP contribution in [0.15, 0.2) is 36.5 Å². The Hall–Kier alpha value is -2.60. The summed E-state index contributed by atoms with van der Waals surface area (Å²) < 4.78 is 11.2. The van der Waals surface area contributed by atoms with Gasteiger partial charge in [-0.15, -0.1) is 0 Å². The van der Waals surface area contributed by atoms with Crippen LogP contribution in [0.4, 0.5) is 0 Å². The normalized spacial score (nSPS) is 18.5. The zero-order valence-corrected chi connectivity index (χ0v) is 16.7. The first kappa shape index (κ1) is 20.1. The molecule has 0 radical (unpaired) electrons. The number of carboxylic acid groups (broad SMARTS) is 1. The number of hydrogen-bond acceptors (Lipinski definition) is 5. The van der Waals surface area contributed by atoms with E-state index in [4.69, 9.17) is 14.5 Å². The van der Waals surface area contributed by atoms with Crippen LogP contribution in [0.3, 0.4) is 0 Å². The molecule has 0 saturated carbocycles. The highest BCUT2D eigenvalue weighted by molar-refractivity contribution is 5.70. The molecule has 3 rings (SSSR count). The van der Waals surface area contributed by atoms with Crippen LogP contribution in [0.25, 0.3) is 0 Å². The Morgan fingerprint density at radius 3 is 2.71 bits per heavy atom. The van der Waals surface area contributed by atoms with Crippen molar-refractivity contribution < 1.29 is 19.4 Å². The lowest BCUT2D eigenvalue weighted by molar-refractivity contribution is -0.143. The third kappa shape index (κ3) is 4.12. The fraction of sp³-hybridized carbons (Fsp3) is 0.455. The van der Waals surface area contributed by atoms with Crippen molar-refractivity contribution >= 4 is 5.97 Å². The summed E-state index contributed by atoms with van der Waals surface area (Å²) in [4.78, 5) is 18.5. The monoisotopic (exact) mass is 384 g/mol. The van der Waals surface area contributed by atoms with Gasteiger partial charge in [0.25, 0.3) is 0 Å². The number of para-hydroxylation sites is 1. The highest BCUT2D eigenvalue weighted by Gasteiger charge is 2.33. The highest BCUT2D eigenvalue weighted by Crippen LogP contribution is 2.40. The molecule has 1 aromatic carbocycles. The fourth-order valence-corrected chi connectivity index (χ4v) is 3.92. The molecule has 2 atom stereocenters. The lowest BCUT2D eigenvalue weighted by Gasteiger charge is -2.37. The first-order valence-corrected chi connectivity index (χ1v) is 9.71. The van der Waals surface area contributed by atoms with Gasteiger partial charge < -0.3 is 14.6 Å². The number of methoxy groups -OCH3 is 2. The van der Waals surface area contributed by atoms with Crippen LogP contribution >= 0.6 is 0 Å². The average Bonchev–Trinajstić information content (AvgIpc) is 2.74. The van der Waals surface area contributed by atoms with Crippen molar-refractivity contribution in [3.05, 3.63) is 53.3 Å². The van der Waals surface area contributed by atoms with Crippen molar-refractivity contribution in [1.29, 1.82) is 0 Å². The predicted octanol–water partition coefficient (Wildman–Crippen LogP) is 3.55. The van der Waals surface area contributed by atoms with Crippen molar-refractivity contribution in [3.63, 3.8) is 0 Å². The van der Waals surface area contributed by atoms with Gasteiger partial charge in [0.05, 0.1) is 31.9 Å². The Labute approximate surface area is 166 Å². The molecule has 6 nitrogen and oxygen atoms in total. The van der Waals surface area contributed by atoms with Crippen LogP contribution in [-0.2, 0) is 11.2 Å². The number of benzene rings is 1. The zero-order valence-electron chi connectivity index (χ0n) is 16.7. The molecule has 2 unspecified atom stereocenters. The van der Waals surface area contributed by atoms with Gasteiger partial charge in [-0.1, -0.05) is 25.1 Å². The number of hydrogen-bond donors (Lipinski definition) is 1. The van der Waals surface area contributed by atoms with E-state index in [1.807, 2.05) is 30.5 Å². The van der Waals surface area contributed by atoms with Gasteiger partial charge in [0, 0.05) is 18.3 Å². The van der Waals surface area contributed by atoms with Crippen molar-refractivity contribution in [3.8, 4) is 11.5 Å². The molecule has 0 bridgehead atoms. The molecule has 1 fully saturated rings. The van der Waals surface area contributed by atoms with Gasteiger partial charge in [-0.2, -0.15) is 0 Å². The molecule has 2 heterocycles. The van der Waals surface area contributed by atoms with E-state index in [1.165, 1.54) is 5.56 Å². The van der Waals surface area contributed by atoms with Crippen LogP contribution in [-0.4, -0.2) is 48.3 Å². The second kappa shape index (κ2) is 9.06. The van der Waals surface area contributed by atoms with Gasteiger partial charge >= 0.3 is 5.97 Å². The molecule has 2 aromatic rings. The van der Waals surface area contributed by atoms with Gasteiger partial charge in [0.2, 0.25) is 0 Å². The molecular formula is C22H28N2O4. The smallest absolute Gasteiger partial charge is 0.307 e. The number of nitrogens with zero attached hydrogens (tertiary/aromatic N) is 2. The molecule has 1 aliphatic rings. The minimum Gasteiger partial charge on any atom is -0.493 e. The Morgan fingerprint density at radius 1 is 1.29 bits per heavy atom. The number of carboxylic acids is 1. The number of piperidine rings is 1. The molecule has 1 aromatic heterocycles. The zero-order chi connectivity index (χ0) is 20.1. The van der Waals surface area contributed by atoms with E-state index < -0.39 is 5.97 Å². The predicted molar refractivity (Wildman–Crippen MR) is 107 cm³/mol. The Kier molecular flexibility index (Phi) is 6.52. The number of aromatic nitrogens is 1. The molecule has 1 N–H and O–H groups in total. The third-order valence-electron chi connectivity index (χ3n) is 5.43. The lowest BCUT2D eigenvalue weighted by atomic mass is 9.92. The average molecular weight is 384 g/mol. The summed E-state index contributed by atoms with van der Waals surface area (Å²) in [6.07, 6.45) is 4.36. The van der Waals surface area contributed by atoms with Crippen molar-refractivity contribution in [2.75, 3.05) is 27.3 Å². The second-order valence-corrected chi connectivity index (χ2v) is 7.10. The summed E-state index contributed by atoms with van der Waals surface area (Å²) in [6, 6.07) is 9.73. The maximum Gasteiger partial charge on any atom is 0.307 e. The standard InChI is InChI=1S/C22H28N2O4/c1-4-15-10-11-18(23-13-15)20(24-12-6-7-16(14-24)22(25)26)17-8-5-9-19(27-2)21(17)28-3/h5,8-11,13,16,20H,4,6-7,12,14H2,1-3H3,(H,25,26). The van der Waals surface area contributed by atoms with Crippen LogP contribution in [0.5, 0.6) is 11.5 Å². The Bertz CT molecular complexity index is 807. The van der Waals surface area contributed by atoms with Crippen molar-refractivity contribution in [2.45, 2.75) is 32.2 Å². The fourth-order valence-electron chi connectivity index (χ4n) is 3.92. The van der Waals surface area contributed by atoms with E-state index in [1.54, 1.807) is 14.2 Å². The van der Waals surface area contributed by atoms with Gasteiger partial charge in [0.1, 0.15) is 0 Å². The van der Waals surface area contributed by atoms with Crippen molar-refractivity contribution in [2.24, 2.45) is 5.92 Å². The number of carbonyl (C=O) groups is 1. The number of aliphatic carboxylic acids is 1. The number of likely N-dealkylation sites (tertiary alicyclic amines) is 1. The van der Waals surface area contributed by atoms with Crippen molar-refractivity contribution in [1.82, 2.24) is 9.88 Å². The SMILES string of the molecule is CCc1ccc(C(c2cccc(OC)c2OC)N2CCCC(C(=O)O)C2)nc1. The van der Waals surface area contributed by atoms with E-state index >= 15 is 0 Å². The molecule has 1 saturated heterocycles. The molecule has 0 spiro atoms. The van der Waals surface area contributed by atoms with Crippen LogP contribution in [0.1, 0.15) is 42.6 Å². The summed E-state index contributed by atoms with van der Waals surface area (Å²) >= 11 is 0. The van der Waals surface area contributed by atoms with E-state index in [-0.39, 0.29) is 12.0 Å². The Balaban J connectivity index is 2.08. The van der Waals surface area contributed by atoms with E-state index in [0.29, 0.717) is 24.5 Å². The molecule has 0 aliphatic carbocycles. The number of pyridine rings is 1. The summed E-state index contributed by atoms with van der Waals surface area (Å²) in [5, 5.41) is 9.54. The minimum atomic E-state index is -0.740. The summed E-state index contributed by atoms with van der Waals surface area (Å²) in [5.74, 6) is 0.203. The number of aryl methyl sites for hydroxylation is 1. The summed E-state index contributed by atoms with van der Waals surface area (Å²) in [7, 11) is 3.24. The van der Waals surface area contributed by atoms with Gasteiger partial charge in [-0.3, -0.25) is 14.7 Å². The maximum absolute atomic E-state index is 11.6. The van der Waals surface area contributed by atoms with Crippen LogP contribution in [0, 0.1) is 5.92 Å². The van der Waals surface area contributed by atoms with E-state index in [9.17, 15) is 9.90 Å². The molecule has 0 amide bonds. The second-order valence-electron chi connectivity index (χ2n) is 7.10. The first-order valence-electron chi connectivity index (χ1n) is 9.71. The topological polar surface area (TPSA) is 71.9 Å².